The van der Waals surface area contributed by atoms with Crippen molar-refractivity contribution in [1.82, 2.24) is 0 Å². The summed E-state index contributed by atoms with van der Waals surface area (Å²) in [6.07, 6.45) is 0. The Bertz CT molecular complexity index is 880. The zero-order valence-corrected chi connectivity index (χ0v) is 14.6. The maximum Gasteiger partial charge on any atom is 0.203 e. The first-order valence-electron chi connectivity index (χ1n) is 7.56. The second kappa shape index (κ2) is 6.89. The quantitative estimate of drug-likeness (QED) is 0.616. The third-order valence-electron chi connectivity index (χ3n) is 3.85. The number of carbonyl (C=O) groups excluding carboxylic acids is 1. The van der Waals surface area contributed by atoms with Gasteiger partial charge in [0, 0.05) is 10.4 Å². The van der Waals surface area contributed by atoms with Gasteiger partial charge in [-0.1, -0.05) is 24.3 Å². The van der Waals surface area contributed by atoms with E-state index in [1.54, 1.807) is 26.4 Å². The third kappa shape index (κ3) is 3.19. The van der Waals surface area contributed by atoms with Crippen molar-refractivity contribution in [1.29, 1.82) is 0 Å². The fraction of sp³-hybridized carbons (Fsp3) is 0.150. The highest BCUT2D eigenvalue weighted by Crippen LogP contribution is 2.33. The number of ether oxygens (including phenoxy) is 2. The van der Waals surface area contributed by atoms with E-state index in [1.807, 2.05) is 49.4 Å². The molecule has 0 N–H and O–H groups in total. The Morgan fingerprint density at radius 2 is 1.79 bits per heavy atom. The smallest absolute Gasteiger partial charge is 0.203 e. The molecule has 4 heteroatoms. The van der Waals surface area contributed by atoms with Gasteiger partial charge in [-0.3, -0.25) is 4.79 Å². The minimum Gasteiger partial charge on any atom is -0.497 e. The van der Waals surface area contributed by atoms with Crippen LogP contribution in [0, 0.1) is 6.92 Å². The minimum atomic E-state index is 0.00391. The molecule has 1 aromatic heterocycles. The molecule has 3 nitrogen and oxygen atoms in total. The van der Waals surface area contributed by atoms with E-state index in [4.69, 9.17) is 9.47 Å². The van der Waals surface area contributed by atoms with E-state index in [9.17, 15) is 4.79 Å². The Hall–Kier alpha value is -2.59. The number of ketones is 1. The van der Waals surface area contributed by atoms with Gasteiger partial charge in [0.25, 0.3) is 0 Å². The normalized spacial score (nSPS) is 10.5. The van der Waals surface area contributed by atoms with Crippen LogP contribution in [0.25, 0.3) is 10.4 Å². The van der Waals surface area contributed by atoms with Gasteiger partial charge in [-0.25, -0.2) is 0 Å². The van der Waals surface area contributed by atoms with Crippen molar-refractivity contribution < 1.29 is 14.3 Å². The molecule has 0 spiro atoms. The lowest BCUT2D eigenvalue weighted by molar-refractivity contribution is 0.104. The molecule has 0 aliphatic heterocycles. The number of methoxy groups -OCH3 is 2. The molecule has 0 bridgehead atoms. The fourth-order valence-corrected chi connectivity index (χ4v) is 3.46. The summed E-state index contributed by atoms with van der Waals surface area (Å²) in [5.41, 5.74) is 2.77. The van der Waals surface area contributed by atoms with Crippen LogP contribution in [0.4, 0.5) is 0 Å². The van der Waals surface area contributed by atoms with Crippen LogP contribution >= 0.6 is 11.3 Å². The summed E-state index contributed by atoms with van der Waals surface area (Å²) in [6.45, 7) is 2.01. The number of aryl methyl sites for hydroxylation is 1. The molecule has 0 atom stereocenters. The van der Waals surface area contributed by atoms with Crippen LogP contribution in [-0.4, -0.2) is 20.0 Å². The van der Waals surface area contributed by atoms with Crippen molar-refractivity contribution in [3.05, 3.63) is 70.6 Å². The predicted molar refractivity (Wildman–Crippen MR) is 97.5 cm³/mol. The first-order chi connectivity index (χ1) is 11.6. The highest BCUT2D eigenvalue weighted by Gasteiger charge is 2.14. The molecule has 0 unspecified atom stereocenters. The summed E-state index contributed by atoms with van der Waals surface area (Å²) in [5, 5.41) is 0. The summed E-state index contributed by atoms with van der Waals surface area (Å²) in [6, 6.07) is 17.1. The van der Waals surface area contributed by atoms with Crippen molar-refractivity contribution in [2.45, 2.75) is 6.92 Å². The van der Waals surface area contributed by atoms with Crippen molar-refractivity contribution in [3.63, 3.8) is 0 Å². The number of thiophene rings is 1. The average molecular weight is 338 g/mol. The predicted octanol–water partition coefficient (Wildman–Crippen LogP) is 4.97. The second-order valence-corrected chi connectivity index (χ2v) is 6.49. The van der Waals surface area contributed by atoms with Gasteiger partial charge in [-0.15, -0.1) is 11.3 Å². The summed E-state index contributed by atoms with van der Waals surface area (Å²) in [4.78, 5) is 14.4. The third-order valence-corrected chi connectivity index (χ3v) is 4.99. The number of hydrogen-bond acceptors (Lipinski definition) is 4. The molecule has 0 aliphatic rings. The van der Waals surface area contributed by atoms with Crippen molar-refractivity contribution >= 4 is 17.1 Å². The number of carbonyl (C=O) groups is 1. The standard InChI is InChI=1S/C20H18O3S/c1-13-7-8-14(12-17(13)23-3)18-9-10-19(24-18)20(21)15-5-4-6-16(11-15)22-2/h4-12H,1-3H3. The van der Waals surface area contributed by atoms with Crippen molar-refractivity contribution in [2.75, 3.05) is 14.2 Å². The highest BCUT2D eigenvalue weighted by molar-refractivity contribution is 7.17. The lowest BCUT2D eigenvalue weighted by atomic mass is 10.1. The van der Waals surface area contributed by atoms with Crippen molar-refractivity contribution in [2.24, 2.45) is 0 Å². The molecule has 24 heavy (non-hydrogen) atoms. The van der Waals surface area contributed by atoms with Gasteiger partial charge >= 0.3 is 0 Å². The molecular weight excluding hydrogens is 320 g/mol. The number of rotatable bonds is 5. The van der Waals surface area contributed by atoms with E-state index in [0.717, 1.165) is 21.8 Å². The molecule has 122 valence electrons. The van der Waals surface area contributed by atoms with Gasteiger partial charge < -0.3 is 9.47 Å². The minimum absolute atomic E-state index is 0.00391. The Kier molecular flexibility index (Phi) is 4.67. The summed E-state index contributed by atoms with van der Waals surface area (Å²) >= 11 is 1.48. The van der Waals surface area contributed by atoms with Crippen LogP contribution in [0.15, 0.2) is 54.6 Å². The molecule has 0 amide bonds. The van der Waals surface area contributed by atoms with Crippen LogP contribution in [0.2, 0.25) is 0 Å². The lowest BCUT2D eigenvalue weighted by Gasteiger charge is -2.06. The first-order valence-corrected chi connectivity index (χ1v) is 8.37. The topological polar surface area (TPSA) is 35.5 Å². The highest BCUT2D eigenvalue weighted by atomic mass is 32.1. The van der Waals surface area contributed by atoms with E-state index in [2.05, 4.69) is 0 Å². The molecule has 3 rings (SSSR count). The Morgan fingerprint density at radius 1 is 0.958 bits per heavy atom. The largest absolute Gasteiger partial charge is 0.497 e. The molecular formula is C20H18O3S. The lowest BCUT2D eigenvalue weighted by Crippen LogP contribution is -1.98. The van der Waals surface area contributed by atoms with Gasteiger partial charge in [-0.2, -0.15) is 0 Å². The van der Waals surface area contributed by atoms with Gasteiger partial charge in [0.05, 0.1) is 19.1 Å². The van der Waals surface area contributed by atoms with Crippen LogP contribution in [0.1, 0.15) is 20.8 Å². The molecule has 0 saturated heterocycles. The van der Waals surface area contributed by atoms with Crippen molar-refractivity contribution in [3.8, 4) is 21.9 Å². The van der Waals surface area contributed by atoms with Crippen LogP contribution in [0.3, 0.4) is 0 Å². The molecule has 0 radical (unpaired) electrons. The maximum absolute atomic E-state index is 12.7. The van der Waals surface area contributed by atoms with Crippen LogP contribution in [-0.2, 0) is 0 Å². The van der Waals surface area contributed by atoms with E-state index in [0.29, 0.717) is 16.2 Å². The molecule has 0 fully saturated rings. The zero-order chi connectivity index (χ0) is 17.1. The molecule has 1 heterocycles. The molecule has 0 aliphatic carbocycles. The number of benzene rings is 2. The van der Waals surface area contributed by atoms with E-state index in [1.165, 1.54) is 11.3 Å². The summed E-state index contributed by atoms with van der Waals surface area (Å²) < 4.78 is 10.6. The molecule has 0 saturated carbocycles. The SMILES string of the molecule is COc1cccc(C(=O)c2ccc(-c3ccc(C)c(OC)c3)s2)c1. The van der Waals surface area contributed by atoms with Gasteiger partial charge in [0.15, 0.2) is 0 Å². The molecule has 2 aromatic carbocycles. The average Bonchev–Trinajstić information content (AvgIpc) is 3.11. The first kappa shape index (κ1) is 16.3. The monoisotopic (exact) mass is 338 g/mol. The Balaban J connectivity index is 1.91. The summed E-state index contributed by atoms with van der Waals surface area (Å²) in [5.74, 6) is 1.53. The summed E-state index contributed by atoms with van der Waals surface area (Å²) in [7, 11) is 3.26. The fourth-order valence-electron chi connectivity index (χ4n) is 2.49. The van der Waals surface area contributed by atoms with Gasteiger partial charge in [0.2, 0.25) is 5.78 Å². The maximum atomic E-state index is 12.7. The number of hydrogen-bond donors (Lipinski definition) is 0. The Morgan fingerprint density at radius 3 is 2.54 bits per heavy atom. The second-order valence-electron chi connectivity index (χ2n) is 5.41. The van der Waals surface area contributed by atoms with Gasteiger partial charge in [-0.05, 0) is 48.4 Å². The van der Waals surface area contributed by atoms with E-state index < -0.39 is 0 Å². The van der Waals surface area contributed by atoms with E-state index in [-0.39, 0.29) is 5.78 Å². The van der Waals surface area contributed by atoms with Crippen LogP contribution in [0.5, 0.6) is 11.5 Å². The van der Waals surface area contributed by atoms with E-state index >= 15 is 0 Å². The van der Waals surface area contributed by atoms with Crippen LogP contribution < -0.4 is 9.47 Å². The Labute approximate surface area is 145 Å². The van der Waals surface area contributed by atoms with Gasteiger partial charge in [0.1, 0.15) is 11.5 Å². The molecule has 3 aromatic rings. The zero-order valence-electron chi connectivity index (χ0n) is 13.8.